The maximum atomic E-state index is 12.0. The number of carbonyl (C=O) groups excluding carboxylic acids is 1. The van der Waals surface area contributed by atoms with Crippen LogP contribution in [0.4, 0.5) is 5.69 Å². The van der Waals surface area contributed by atoms with E-state index in [2.05, 4.69) is 37.7 Å². The summed E-state index contributed by atoms with van der Waals surface area (Å²) < 4.78 is 1.05. The second-order valence-corrected chi connectivity index (χ2v) is 6.03. The monoisotopic (exact) mass is 389 g/mol. The van der Waals surface area contributed by atoms with Crippen molar-refractivity contribution in [1.82, 2.24) is 9.80 Å². The van der Waals surface area contributed by atoms with Crippen LogP contribution in [-0.4, -0.2) is 66.7 Å². The molecule has 6 heteroatoms. The third-order valence-corrected chi connectivity index (χ3v) is 4.34. The van der Waals surface area contributed by atoms with Crippen LogP contribution in [0.15, 0.2) is 24.3 Å². The number of rotatable bonds is 5. The number of nitrogens with one attached hydrogen (secondary N) is 1. The van der Waals surface area contributed by atoms with Gasteiger partial charge in [0.15, 0.2) is 0 Å². The lowest BCUT2D eigenvalue weighted by atomic mass is 10.3. The van der Waals surface area contributed by atoms with Gasteiger partial charge in [-0.1, -0.05) is 12.1 Å². The number of hydrogen-bond donors (Lipinski definition) is 2. The summed E-state index contributed by atoms with van der Waals surface area (Å²) in [4.78, 5) is 16.4. The van der Waals surface area contributed by atoms with Gasteiger partial charge < -0.3 is 10.4 Å². The van der Waals surface area contributed by atoms with Gasteiger partial charge in [-0.25, -0.2) is 0 Å². The number of halogens is 1. The highest BCUT2D eigenvalue weighted by molar-refractivity contribution is 14.1. The van der Waals surface area contributed by atoms with Crippen molar-refractivity contribution in [2.24, 2.45) is 0 Å². The predicted molar refractivity (Wildman–Crippen MR) is 87.8 cm³/mol. The van der Waals surface area contributed by atoms with E-state index in [-0.39, 0.29) is 12.5 Å². The molecule has 0 unspecified atom stereocenters. The molecule has 1 saturated heterocycles. The topological polar surface area (TPSA) is 55.8 Å². The van der Waals surface area contributed by atoms with Gasteiger partial charge in [0.25, 0.3) is 0 Å². The van der Waals surface area contributed by atoms with Crippen molar-refractivity contribution in [2.75, 3.05) is 51.2 Å². The number of amides is 1. The van der Waals surface area contributed by atoms with Crippen molar-refractivity contribution in [3.05, 3.63) is 27.8 Å². The Morgan fingerprint density at radius 2 is 1.85 bits per heavy atom. The lowest BCUT2D eigenvalue weighted by Crippen LogP contribution is -2.49. The lowest BCUT2D eigenvalue weighted by Gasteiger charge is -2.33. The third kappa shape index (κ3) is 4.69. The van der Waals surface area contributed by atoms with Crippen molar-refractivity contribution in [3.63, 3.8) is 0 Å². The van der Waals surface area contributed by atoms with Crippen LogP contribution in [0.25, 0.3) is 0 Å². The van der Waals surface area contributed by atoms with Gasteiger partial charge in [-0.3, -0.25) is 14.6 Å². The summed E-state index contributed by atoms with van der Waals surface area (Å²) in [5, 5.41) is 11.9. The van der Waals surface area contributed by atoms with E-state index in [0.717, 1.165) is 42.0 Å². The smallest absolute Gasteiger partial charge is 0.238 e. The Labute approximate surface area is 133 Å². The van der Waals surface area contributed by atoms with Crippen LogP contribution in [0.1, 0.15) is 0 Å². The van der Waals surface area contributed by atoms with Crippen molar-refractivity contribution < 1.29 is 9.90 Å². The highest BCUT2D eigenvalue weighted by Crippen LogP contribution is 2.16. The molecule has 1 aliphatic heterocycles. The summed E-state index contributed by atoms with van der Waals surface area (Å²) in [6, 6.07) is 7.77. The fourth-order valence-corrected chi connectivity index (χ4v) is 2.79. The quantitative estimate of drug-likeness (QED) is 0.734. The molecule has 20 heavy (non-hydrogen) atoms. The van der Waals surface area contributed by atoms with E-state index in [4.69, 9.17) is 5.11 Å². The second-order valence-electron chi connectivity index (χ2n) is 4.87. The molecule has 1 fully saturated rings. The minimum Gasteiger partial charge on any atom is -0.395 e. The molecule has 1 aliphatic rings. The number of hydrogen-bond acceptors (Lipinski definition) is 4. The number of β-amino-alcohol motifs (C(OH)–C–C–N with tert-alkyl or cyclic N) is 1. The normalized spacial score (nSPS) is 17.1. The number of benzene rings is 1. The first-order chi connectivity index (χ1) is 9.69. The number of aliphatic hydroxyl groups is 1. The Kier molecular flexibility index (Phi) is 6.21. The molecular formula is C14H20IN3O2. The molecule has 1 aromatic rings. The highest BCUT2D eigenvalue weighted by Gasteiger charge is 2.18. The molecule has 0 saturated carbocycles. The number of piperazine rings is 1. The maximum absolute atomic E-state index is 12.0. The average Bonchev–Trinajstić information content (AvgIpc) is 2.44. The van der Waals surface area contributed by atoms with Crippen LogP contribution in [0.5, 0.6) is 0 Å². The molecular weight excluding hydrogens is 369 g/mol. The fourth-order valence-electron chi connectivity index (χ4n) is 2.27. The first-order valence-electron chi connectivity index (χ1n) is 6.79. The Hall–Kier alpha value is -0.700. The zero-order valence-electron chi connectivity index (χ0n) is 11.4. The van der Waals surface area contributed by atoms with Gasteiger partial charge in [0, 0.05) is 36.3 Å². The molecule has 1 heterocycles. The van der Waals surface area contributed by atoms with Crippen molar-refractivity contribution >= 4 is 34.2 Å². The lowest BCUT2D eigenvalue weighted by molar-refractivity contribution is -0.117. The van der Waals surface area contributed by atoms with Crippen molar-refractivity contribution in [3.8, 4) is 0 Å². The van der Waals surface area contributed by atoms with Crippen LogP contribution in [0.2, 0.25) is 0 Å². The van der Waals surface area contributed by atoms with Gasteiger partial charge in [-0.15, -0.1) is 0 Å². The molecule has 0 atom stereocenters. The van der Waals surface area contributed by atoms with Crippen LogP contribution in [0, 0.1) is 3.57 Å². The largest absolute Gasteiger partial charge is 0.395 e. The van der Waals surface area contributed by atoms with E-state index >= 15 is 0 Å². The van der Waals surface area contributed by atoms with Gasteiger partial charge in [-0.2, -0.15) is 0 Å². The van der Waals surface area contributed by atoms with Crippen molar-refractivity contribution in [2.45, 2.75) is 0 Å². The van der Waals surface area contributed by atoms with Gasteiger partial charge in [0.2, 0.25) is 5.91 Å². The Morgan fingerprint density at radius 3 is 2.50 bits per heavy atom. The predicted octanol–water partition coefficient (Wildman–Crippen LogP) is 0.840. The maximum Gasteiger partial charge on any atom is 0.238 e. The molecule has 0 bridgehead atoms. The molecule has 1 amide bonds. The summed E-state index contributed by atoms with van der Waals surface area (Å²) in [5.41, 5.74) is 0.872. The van der Waals surface area contributed by atoms with E-state index in [0.29, 0.717) is 6.54 Å². The molecule has 2 rings (SSSR count). The minimum atomic E-state index is 0.0322. The molecule has 5 nitrogen and oxygen atoms in total. The van der Waals surface area contributed by atoms with Crippen molar-refractivity contribution in [1.29, 1.82) is 0 Å². The van der Waals surface area contributed by atoms with E-state index < -0.39 is 0 Å². The zero-order valence-corrected chi connectivity index (χ0v) is 13.5. The number of aliphatic hydroxyl groups excluding tert-OH is 1. The fraction of sp³-hybridized carbons (Fsp3) is 0.500. The second kappa shape index (κ2) is 7.92. The van der Waals surface area contributed by atoms with E-state index in [1.807, 2.05) is 24.3 Å². The minimum absolute atomic E-state index is 0.0322. The molecule has 1 aromatic carbocycles. The van der Waals surface area contributed by atoms with E-state index in [1.54, 1.807) is 0 Å². The molecule has 0 spiro atoms. The zero-order chi connectivity index (χ0) is 14.4. The summed E-state index contributed by atoms with van der Waals surface area (Å²) >= 11 is 2.22. The summed E-state index contributed by atoms with van der Waals surface area (Å²) in [7, 11) is 0. The Morgan fingerprint density at radius 1 is 1.20 bits per heavy atom. The molecule has 0 aliphatic carbocycles. The molecule has 0 aromatic heterocycles. The summed E-state index contributed by atoms with van der Waals surface area (Å²) in [6.07, 6.45) is 0. The van der Waals surface area contributed by atoms with Crippen LogP contribution in [0.3, 0.4) is 0 Å². The molecule has 2 N–H and O–H groups in total. The Balaban J connectivity index is 1.77. The van der Waals surface area contributed by atoms with Gasteiger partial charge in [0.05, 0.1) is 18.8 Å². The number of nitrogens with zero attached hydrogens (tertiary/aromatic N) is 2. The number of carbonyl (C=O) groups is 1. The standard InChI is InChI=1S/C14H20IN3O2/c15-12-3-1-2-4-13(12)16-14(20)11-18-7-5-17(6-8-18)9-10-19/h1-4,19H,5-11H2,(H,16,20). The summed E-state index contributed by atoms with van der Waals surface area (Å²) in [5.74, 6) is 0.0322. The number of para-hydroxylation sites is 1. The number of anilines is 1. The highest BCUT2D eigenvalue weighted by atomic mass is 127. The van der Waals surface area contributed by atoms with Gasteiger partial charge >= 0.3 is 0 Å². The molecule has 0 radical (unpaired) electrons. The van der Waals surface area contributed by atoms with Crippen LogP contribution < -0.4 is 5.32 Å². The first-order valence-corrected chi connectivity index (χ1v) is 7.87. The van der Waals surface area contributed by atoms with E-state index in [9.17, 15) is 4.79 Å². The van der Waals surface area contributed by atoms with E-state index in [1.165, 1.54) is 0 Å². The van der Waals surface area contributed by atoms with Gasteiger partial charge in [0.1, 0.15) is 0 Å². The van der Waals surface area contributed by atoms with Crippen LogP contribution in [-0.2, 0) is 4.79 Å². The SMILES string of the molecule is O=C(CN1CCN(CCO)CC1)Nc1ccccc1I. The molecule has 110 valence electrons. The van der Waals surface area contributed by atoms with Crippen LogP contribution >= 0.6 is 22.6 Å². The van der Waals surface area contributed by atoms with Gasteiger partial charge in [-0.05, 0) is 34.7 Å². The third-order valence-electron chi connectivity index (χ3n) is 3.40. The first kappa shape index (κ1) is 15.7. The average molecular weight is 389 g/mol. The Bertz CT molecular complexity index is 448. The summed E-state index contributed by atoms with van der Waals surface area (Å²) in [6.45, 7) is 4.93.